The van der Waals surface area contributed by atoms with E-state index in [2.05, 4.69) is 4.99 Å². The average Bonchev–Trinajstić information content (AvgIpc) is 1.87. The number of hydrogen-bond acceptors (Lipinski definition) is 2. The standard InChI is InChI=1S/C8H16N2/c1-5-10-7(4)8(9)6(2)3/h6,9H,5H2,1-4H3. The summed E-state index contributed by atoms with van der Waals surface area (Å²) in [6, 6.07) is 0. The van der Waals surface area contributed by atoms with Gasteiger partial charge in [0.1, 0.15) is 0 Å². The number of hydrogen-bond donors (Lipinski definition) is 1. The molecule has 58 valence electrons. The first-order valence-electron chi connectivity index (χ1n) is 3.69. The van der Waals surface area contributed by atoms with E-state index >= 15 is 0 Å². The molecule has 0 rings (SSSR count). The second-order valence-corrected chi connectivity index (χ2v) is 2.63. The first-order chi connectivity index (χ1) is 4.59. The molecule has 0 radical (unpaired) electrons. The fourth-order valence-corrected chi connectivity index (χ4v) is 0.740. The van der Waals surface area contributed by atoms with Crippen LogP contribution in [-0.4, -0.2) is 18.0 Å². The predicted octanol–water partition coefficient (Wildman–Crippen LogP) is 2.14. The Morgan fingerprint density at radius 1 is 1.50 bits per heavy atom. The minimum Gasteiger partial charge on any atom is -0.303 e. The highest BCUT2D eigenvalue weighted by atomic mass is 14.7. The van der Waals surface area contributed by atoms with Crippen LogP contribution in [0.15, 0.2) is 4.99 Å². The fraction of sp³-hybridized carbons (Fsp3) is 0.750. The van der Waals surface area contributed by atoms with Crippen molar-refractivity contribution in [2.24, 2.45) is 10.9 Å². The molecule has 0 bridgehead atoms. The van der Waals surface area contributed by atoms with Crippen molar-refractivity contribution in [3.05, 3.63) is 0 Å². The van der Waals surface area contributed by atoms with E-state index in [1.165, 1.54) is 0 Å². The van der Waals surface area contributed by atoms with Gasteiger partial charge in [0.05, 0.1) is 11.4 Å². The van der Waals surface area contributed by atoms with E-state index in [-0.39, 0.29) is 0 Å². The van der Waals surface area contributed by atoms with Crippen molar-refractivity contribution in [3.63, 3.8) is 0 Å². The predicted molar refractivity (Wildman–Crippen MR) is 46.2 cm³/mol. The molecule has 2 heteroatoms. The molecule has 0 saturated carbocycles. The number of nitrogens with one attached hydrogen (secondary N) is 1. The van der Waals surface area contributed by atoms with Crippen molar-refractivity contribution < 1.29 is 0 Å². The van der Waals surface area contributed by atoms with Crippen LogP contribution in [0, 0.1) is 11.3 Å². The Morgan fingerprint density at radius 2 is 2.00 bits per heavy atom. The van der Waals surface area contributed by atoms with Gasteiger partial charge < -0.3 is 5.41 Å². The van der Waals surface area contributed by atoms with Gasteiger partial charge in [0, 0.05) is 6.54 Å². The minimum atomic E-state index is 0.301. The molecule has 0 aliphatic carbocycles. The summed E-state index contributed by atoms with van der Waals surface area (Å²) in [7, 11) is 0. The highest BCUT2D eigenvalue weighted by Crippen LogP contribution is 1.96. The maximum atomic E-state index is 7.52. The number of nitrogens with zero attached hydrogens (tertiary/aromatic N) is 1. The van der Waals surface area contributed by atoms with Crippen LogP contribution >= 0.6 is 0 Å². The zero-order valence-electron chi connectivity index (χ0n) is 7.23. The van der Waals surface area contributed by atoms with Crippen molar-refractivity contribution in [2.75, 3.05) is 6.54 Å². The highest BCUT2D eigenvalue weighted by Gasteiger charge is 2.04. The first-order valence-corrected chi connectivity index (χ1v) is 3.69. The molecule has 0 unspecified atom stereocenters. The molecule has 0 heterocycles. The Labute approximate surface area is 62.9 Å². The molecule has 0 fully saturated rings. The van der Waals surface area contributed by atoms with Crippen LogP contribution in [0.1, 0.15) is 27.7 Å². The van der Waals surface area contributed by atoms with E-state index < -0.39 is 0 Å². The average molecular weight is 140 g/mol. The van der Waals surface area contributed by atoms with Crippen LogP contribution in [0.5, 0.6) is 0 Å². The summed E-state index contributed by atoms with van der Waals surface area (Å²) in [5.74, 6) is 0.301. The van der Waals surface area contributed by atoms with Crippen LogP contribution in [0.25, 0.3) is 0 Å². The lowest BCUT2D eigenvalue weighted by atomic mass is 10.1. The summed E-state index contributed by atoms with van der Waals surface area (Å²) in [6.45, 7) is 8.68. The summed E-state index contributed by atoms with van der Waals surface area (Å²) >= 11 is 0. The quantitative estimate of drug-likeness (QED) is 0.583. The highest BCUT2D eigenvalue weighted by molar-refractivity contribution is 6.40. The van der Waals surface area contributed by atoms with Gasteiger partial charge >= 0.3 is 0 Å². The van der Waals surface area contributed by atoms with E-state index in [1.54, 1.807) is 0 Å². The fourth-order valence-electron chi connectivity index (χ4n) is 0.740. The molecule has 0 saturated heterocycles. The Kier molecular flexibility index (Phi) is 3.93. The van der Waals surface area contributed by atoms with Crippen LogP contribution < -0.4 is 0 Å². The molecule has 10 heavy (non-hydrogen) atoms. The van der Waals surface area contributed by atoms with Crippen molar-refractivity contribution in [1.29, 1.82) is 5.41 Å². The van der Waals surface area contributed by atoms with E-state index in [0.29, 0.717) is 11.6 Å². The largest absolute Gasteiger partial charge is 0.303 e. The van der Waals surface area contributed by atoms with E-state index in [1.807, 2.05) is 27.7 Å². The molecular formula is C8H16N2. The van der Waals surface area contributed by atoms with Crippen molar-refractivity contribution in [3.8, 4) is 0 Å². The van der Waals surface area contributed by atoms with Gasteiger partial charge in [0.25, 0.3) is 0 Å². The molecular weight excluding hydrogens is 124 g/mol. The zero-order chi connectivity index (χ0) is 8.15. The number of aliphatic imine (C=N–C) groups is 1. The van der Waals surface area contributed by atoms with Crippen LogP contribution in [-0.2, 0) is 0 Å². The van der Waals surface area contributed by atoms with Gasteiger partial charge in [-0.25, -0.2) is 0 Å². The van der Waals surface area contributed by atoms with Gasteiger partial charge in [0.15, 0.2) is 0 Å². The van der Waals surface area contributed by atoms with Crippen molar-refractivity contribution in [1.82, 2.24) is 0 Å². The maximum Gasteiger partial charge on any atom is 0.0546 e. The van der Waals surface area contributed by atoms with Gasteiger partial charge in [-0.05, 0) is 19.8 Å². The van der Waals surface area contributed by atoms with Gasteiger partial charge in [-0.15, -0.1) is 0 Å². The van der Waals surface area contributed by atoms with Crippen LogP contribution in [0.2, 0.25) is 0 Å². The Morgan fingerprint density at radius 3 is 2.30 bits per heavy atom. The molecule has 0 aromatic heterocycles. The molecule has 0 aliphatic rings. The second-order valence-electron chi connectivity index (χ2n) is 2.63. The molecule has 0 amide bonds. The second kappa shape index (κ2) is 4.20. The third-order valence-electron chi connectivity index (χ3n) is 1.36. The van der Waals surface area contributed by atoms with Gasteiger partial charge in [-0.3, -0.25) is 4.99 Å². The number of rotatable bonds is 3. The van der Waals surface area contributed by atoms with E-state index in [0.717, 1.165) is 12.3 Å². The van der Waals surface area contributed by atoms with Crippen molar-refractivity contribution >= 4 is 11.4 Å². The first kappa shape index (κ1) is 9.34. The maximum absolute atomic E-state index is 7.52. The summed E-state index contributed by atoms with van der Waals surface area (Å²) in [5, 5.41) is 7.52. The molecule has 0 spiro atoms. The third-order valence-corrected chi connectivity index (χ3v) is 1.36. The van der Waals surface area contributed by atoms with Crippen LogP contribution in [0.4, 0.5) is 0 Å². The smallest absolute Gasteiger partial charge is 0.0546 e. The molecule has 0 atom stereocenters. The molecule has 0 aromatic carbocycles. The molecule has 1 N–H and O–H groups in total. The lowest BCUT2D eigenvalue weighted by Gasteiger charge is -2.05. The molecule has 0 aromatic rings. The zero-order valence-corrected chi connectivity index (χ0v) is 7.23. The van der Waals surface area contributed by atoms with E-state index in [9.17, 15) is 0 Å². The minimum absolute atomic E-state index is 0.301. The van der Waals surface area contributed by atoms with Crippen LogP contribution in [0.3, 0.4) is 0 Å². The summed E-state index contributed by atoms with van der Waals surface area (Å²) in [6.07, 6.45) is 0. The van der Waals surface area contributed by atoms with E-state index in [4.69, 9.17) is 5.41 Å². The van der Waals surface area contributed by atoms with Gasteiger partial charge in [-0.2, -0.15) is 0 Å². The van der Waals surface area contributed by atoms with Gasteiger partial charge in [-0.1, -0.05) is 13.8 Å². The lowest BCUT2D eigenvalue weighted by molar-refractivity contribution is 0.885. The molecule has 0 aliphatic heterocycles. The summed E-state index contributed by atoms with van der Waals surface area (Å²) in [5.41, 5.74) is 1.53. The normalized spacial score (nSPS) is 12.3. The topological polar surface area (TPSA) is 36.2 Å². The third kappa shape index (κ3) is 2.76. The lowest BCUT2D eigenvalue weighted by Crippen LogP contribution is -2.15. The monoisotopic (exact) mass is 140 g/mol. The SMILES string of the molecule is CCN=C(C)C(=N)C(C)C. The van der Waals surface area contributed by atoms with Crippen molar-refractivity contribution in [2.45, 2.75) is 27.7 Å². The Balaban J connectivity index is 4.08. The Bertz CT molecular complexity index is 145. The van der Waals surface area contributed by atoms with Gasteiger partial charge in [0.2, 0.25) is 0 Å². The summed E-state index contributed by atoms with van der Waals surface area (Å²) in [4.78, 5) is 4.14. The summed E-state index contributed by atoms with van der Waals surface area (Å²) < 4.78 is 0. The molecule has 2 nitrogen and oxygen atoms in total. The Hall–Kier alpha value is -0.660.